The molecule has 1 aliphatic rings. The van der Waals surface area contributed by atoms with E-state index in [1.54, 1.807) is 0 Å². The highest BCUT2D eigenvalue weighted by atomic mass is 19.3. The summed E-state index contributed by atoms with van der Waals surface area (Å²) in [6.07, 6.45) is -0.619. The Morgan fingerprint density at radius 1 is 1.56 bits per heavy atom. The third-order valence-corrected chi connectivity index (χ3v) is 2.61. The molecule has 0 aromatic carbocycles. The maximum atomic E-state index is 12.7. The highest BCUT2D eigenvalue weighted by Crippen LogP contribution is 2.27. The van der Waals surface area contributed by atoms with Gasteiger partial charge in [-0.1, -0.05) is 0 Å². The Bertz CT molecular complexity index is 352. The molecule has 16 heavy (non-hydrogen) atoms. The van der Waals surface area contributed by atoms with Gasteiger partial charge in [0, 0.05) is 13.0 Å². The summed E-state index contributed by atoms with van der Waals surface area (Å²) < 4.78 is 26.8. The van der Waals surface area contributed by atoms with Crippen molar-refractivity contribution < 1.29 is 8.78 Å². The molecule has 0 radical (unpaired) electrons. The summed E-state index contributed by atoms with van der Waals surface area (Å²) in [5.41, 5.74) is 5.38. The Balaban J connectivity index is 2.17. The SMILES string of the molecule is NCCCc1nc2n(n1)C(C(F)F)CCN2. The number of nitrogens with one attached hydrogen (secondary N) is 1. The Morgan fingerprint density at radius 2 is 2.38 bits per heavy atom. The van der Waals surface area contributed by atoms with E-state index < -0.39 is 12.5 Å². The van der Waals surface area contributed by atoms with Crippen molar-refractivity contribution in [1.82, 2.24) is 14.8 Å². The van der Waals surface area contributed by atoms with Crippen LogP contribution in [0.25, 0.3) is 0 Å². The number of hydrogen-bond acceptors (Lipinski definition) is 4. The van der Waals surface area contributed by atoms with Crippen molar-refractivity contribution in [2.45, 2.75) is 31.7 Å². The third kappa shape index (κ3) is 2.13. The summed E-state index contributed by atoms with van der Waals surface area (Å²) in [5, 5.41) is 7.07. The van der Waals surface area contributed by atoms with E-state index in [0.29, 0.717) is 37.7 Å². The van der Waals surface area contributed by atoms with Crippen LogP contribution in [-0.4, -0.2) is 34.3 Å². The van der Waals surface area contributed by atoms with E-state index in [-0.39, 0.29) is 0 Å². The maximum absolute atomic E-state index is 12.7. The van der Waals surface area contributed by atoms with E-state index in [2.05, 4.69) is 15.4 Å². The van der Waals surface area contributed by atoms with Crippen molar-refractivity contribution in [3.63, 3.8) is 0 Å². The van der Waals surface area contributed by atoms with Crippen LogP contribution in [0.2, 0.25) is 0 Å². The monoisotopic (exact) mass is 231 g/mol. The largest absolute Gasteiger partial charge is 0.354 e. The fourth-order valence-electron chi connectivity index (χ4n) is 1.77. The molecule has 0 bridgehead atoms. The molecule has 1 aromatic rings. The van der Waals surface area contributed by atoms with E-state index in [9.17, 15) is 8.78 Å². The van der Waals surface area contributed by atoms with Gasteiger partial charge in [-0.15, -0.1) is 0 Å². The zero-order valence-electron chi connectivity index (χ0n) is 8.87. The number of alkyl halides is 2. The molecule has 1 atom stereocenters. The first kappa shape index (κ1) is 11.3. The van der Waals surface area contributed by atoms with Gasteiger partial charge in [-0.3, -0.25) is 0 Å². The number of anilines is 1. The van der Waals surface area contributed by atoms with Crippen molar-refractivity contribution in [1.29, 1.82) is 0 Å². The molecule has 0 amide bonds. The molecule has 0 spiro atoms. The molecule has 0 fully saturated rings. The average Bonchev–Trinajstić information content (AvgIpc) is 2.68. The summed E-state index contributed by atoms with van der Waals surface area (Å²) in [7, 11) is 0. The summed E-state index contributed by atoms with van der Waals surface area (Å²) in [4.78, 5) is 4.17. The van der Waals surface area contributed by atoms with Crippen molar-refractivity contribution in [2.24, 2.45) is 5.73 Å². The van der Waals surface area contributed by atoms with Crippen LogP contribution in [0.15, 0.2) is 0 Å². The smallest absolute Gasteiger partial charge is 0.260 e. The Kier molecular flexibility index (Phi) is 3.33. The van der Waals surface area contributed by atoms with Gasteiger partial charge in [0.05, 0.1) is 0 Å². The molecule has 0 aliphatic carbocycles. The topological polar surface area (TPSA) is 68.8 Å². The van der Waals surface area contributed by atoms with Crippen molar-refractivity contribution in [2.75, 3.05) is 18.4 Å². The van der Waals surface area contributed by atoms with Gasteiger partial charge in [0.15, 0.2) is 5.82 Å². The Hall–Kier alpha value is -1.24. The van der Waals surface area contributed by atoms with Crippen molar-refractivity contribution >= 4 is 5.95 Å². The first-order valence-electron chi connectivity index (χ1n) is 5.40. The van der Waals surface area contributed by atoms with Crippen LogP contribution in [0.1, 0.15) is 24.7 Å². The highest BCUT2D eigenvalue weighted by molar-refractivity contribution is 5.28. The first-order valence-corrected chi connectivity index (χ1v) is 5.40. The van der Waals surface area contributed by atoms with Gasteiger partial charge in [0.25, 0.3) is 6.43 Å². The van der Waals surface area contributed by atoms with Gasteiger partial charge in [0.1, 0.15) is 6.04 Å². The number of nitrogens with zero attached hydrogens (tertiary/aromatic N) is 3. The predicted octanol–water partition coefficient (Wildman–Crippen LogP) is 0.791. The van der Waals surface area contributed by atoms with E-state index in [1.807, 2.05) is 0 Å². The molecule has 1 unspecified atom stereocenters. The molecule has 90 valence electrons. The molecule has 1 aliphatic heterocycles. The third-order valence-electron chi connectivity index (χ3n) is 2.61. The first-order chi connectivity index (χ1) is 7.72. The number of hydrogen-bond donors (Lipinski definition) is 2. The molecule has 3 N–H and O–H groups in total. The summed E-state index contributed by atoms with van der Waals surface area (Å²) in [6, 6.07) is -0.852. The second-order valence-corrected chi connectivity index (χ2v) is 3.81. The number of rotatable bonds is 4. The van der Waals surface area contributed by atoms with Gasteiger partial charge in [-0.2, -0.15) is 10.1 Å². The molecule has 7 heteroatoms. The number of fused-ring (bicyclic) bond motifs is 1. The standard InChI is InChI=1S/C9H15F2N5/c10-8(11)6-3-5-13-9-14-7(2-1-4-12)15-16(6)9/h6,8H,1-5,12H2,(H,13,14,15). The molecule has 1 aromatic heterocycles. The highest BCUT2D eigenvalue weighted by Gasteiger charge is 2.29. The number of aromatic nitrogens is 3. The van der Waals surface area contributed by atoms with Crippen LogP contribution in [-0.2, 0) is 6.42 Å². The minimum atomic E-state index is -2.40. The van der Waals surface area contributed by atoms with E-state index in [4.69, 9.17) is 5.73 Å². The van der Waals surface area contributed by atoms with Crippen LogP contribution < -0.4 is 11.1 Å². The van der Waals surface area contributed by atoms with Gasteiger partial charge in [-0.05, 0) is 19.4 Å². The Labute approximate surface area is 92.0 Å². The molecule has 5 nitrogen and oxygen atoms in total. The minimum absolute atomic E-state index is 0.379. The normalized spacial score (nSPS) is 19.6. The van der Waals surface area contributed by atoms with Crippen molar-refractivity contribution in [3.8, 4) is 0 Å². The van der Waals surface area contributed by atoms with E-state index >= 15 is 0 Å². The van der Waals surface area contributed by atoms with Gasteiger partial charge >= 0.3 is 0 Å². The van der Waals surface area contributed by atoms with E-state index in [0.717, 1.165) is 6.42 Å². The molecule has 0 saturated heterocycles. The maximum Gasteiger partial charge on any atom is 0.260 e. The second kappa shape index (κ2) is 4.73. The lowest BCUT2D eigenvalue weighted by Gasteiger charge is -2.23. The molecular weight excluding hydrogens is 216 g/mol. The fourth-order valence-corrected chi connectivity index (χ4v) is 1.77. The van der Waals surface area contributed by atoms with E-state index in [1.165, 1.54) is 4.68 Å². The predicted molar refractivity (Wildman–Crippen MR) is 55.5 cm³/mol. The molecule has 2 heterocycles. The molecule has 2 rings (SSSR count). The quantitative estimate of drug-likeness (QED) is 0.804. The van der Waals surface area contributed by atoms with Crippen LogP contribution in [0, 0.1) is 0 Å². The zero-order chi connectivity index (χ0) is 11.5. The van der Waals surface area contributed by atoms with Gasteiger partial charge in [0.2, 0.25) is 5.95 Å². The lowest BCUT2D eigenvalue weighted by Crippen LogP contribution is -2.28. The van der Waals surface area contributed by atoms with Gasteiger partial charge < -0.3 is 11.1 Å². The zero-order valence-corrected chi connectivity index (χ0v) is 8.87. The lowest BCUT2D eigenvalue weighted by atomic mass is 10.2. The van der Waals surface area contributed by atoms with Crippen LogP contribution >= 0.6 is 0 Å². The summed E-state index contributed by atoms with van der Waals surface area (Å²) in [5.74, 6) is 1.03. The van der Waals surface area contributed by atoms with Crippen LogP contribution in [0.5, 0.6) is 0 Å². The summed E-state index contributed by atoms with van der Waals surface area (Å²) in [6.45, 7) is 1.07. The molecular formula is C9H15F2N5. The number of aryl methyl sites for hydroxylation is 1. The van der Waals surface area contributed by atoms with Crippen LogP contribution in [0.3, 0.4) is 0 Å². The number of nitrogens with two attached hydrogens (primary N) is 1. The number of halogens is 2. The second-order valence-electron chi connectivity index (χ2n) is 3.81. The van der Waals surface area contributed by atoms with Gasteiger partial charge in [-0.25, -0.2) is 13.5 Å². The minimum Gasteiger partial charge on any atom is -0.354 e. The summed E-state index contributed by atoms with van der Waals surface area (Å²) >= 11 is 0. The lowest BCUT2D eigenvalue weighted by molar-refractivity contribution is 0.0711. The fraction of sp³-hybridized carbons (Fsp3) is 0.778. The molecule has 0 saturated carbocycles. The average molecular weight is 231 g/mol. The Morgan fingerprint density at radius 3 is 3.06 bits per heavy atom. The van der Waals surface area contributed by atoms with Crippen LogP contribution in [0.4, 0.5) is 14.7 Å². The van der Waals surface area contributed by atoms with Crippen molar-refractivity contribution in [3.05, 3.63) is 5.82 Å².